The summed E-state index contributed by atoms with van der Waals surface area (Å²) in [5.41, 5.74) is 2.78. The summed E-state index contributed by atoms with van der Waals surface area (Å²) in [7, 11) is 2.09. The molecule has 1 saturated carbocycles. The molecule has 0 radical (unpaired) electrons. The minimum absolute atomic E-state index is 0.477. The second-order valence-corrected chi connectivity index (χ2v) is 6.99. The molecule has 1 aromatic rings. The van der Waals surface area contributed by atoms with Gasteiger partial charge >= 0.3 is 0 Å². The van der Waals surface area contributed by atoms with Crippen LogP contribution in [0.3, 0.4) is 0 Å². The average Bonchev–Trinajstić information content (AvgIpc) is 3.27. The first kappa shape index (κ1) is 16.5. The van der Waals surface area contributed by atoms with Crippen LogP contribution in [0, 0.1) is 12.8 Å². The van der Waals surface area contributed by atoms with Crippen molar-refractivity contribution in [1.82, 2.24) is 10.2 Å². The number of aryl methyl sites for hydroxylation is 1. The summed E-state index contributed by atoms with van der Waals surface area (Å²) >= 11 is 0. The zero-order valence-electron chi connectivity index (χ0n) is 14.2. The smallest absolute Gasteiger partial charge is 0.0329 e. The highest BCUT2D eigenvalue weighted by Gasteiger charge is 2.28. The van der Waals surface area contributed by atoms with Gasteiger partial charge in [-0.2, -0.15) is 0 Å². The van der Waals surface area contributed by atoms with Crippen molar-refractivity contribution in [2.45, 2.75) is 58.5 Å². The number of nitrogens with one attached hydrogen (secondary N) is 1. The van der Waals surface area contributed by atoms with E-state index >= 15 is 0 Å². The van der Waals surface area contributed by atoms with Crippen LogP contribution in [0.1, 0.15) is 56.7 Å². The third-order valence-electron chi connectivity index (χ3n) is 4.55. The number of benzene rings is 1. The molecule has 1 fully saturated rings. The third-order valence-corrected chi connectivity index (χ3v) is 4.55. The fourth-order valence-corrected chi connectivity index (χ4v) is 3.00. The monoisotopic (exact) mass is 288 g/mol. The summed E-state index contributed by atoms with van der Waals surface area (Å²) in [5, 5.41) is 3.50. The Balaban J connectivity index is 1.88. The van der Waals surface area contributed by atoms with Crippen LogP contribution < -0.4 is 5.32 Å². The van der Waals surface area contributed by atoms with Gasteiger partial charge in [0.15, 0.2) is 0 Å². The van der Waals surface area contributed by atoms with Gasteiger partial charge in [0.25, 0.3) is 0 Å². The predicted molar refractivity (Wildman–Crippen MR) is 91.6 cm³/mol. The quantitative estimate of drug-likeness (QED) is 0.734. The molecular weight excluding hydrogens is 256 g/mol. The fraction of sp³-hybridized carbons (Fsp3) is 0.684. The SMILES string of the molecule is CNC(CCN(CCC(C)C)C1CC1)c1cccc(C)c1. The molecule has 0 saturated heterocycles. The highest BCUT2D eigenvalue weighted by molar-refractivity contribution is 5.25. The molecule has 2 nitrogen and oxygen atoms in total. The average molecular weight is 288 g/mol. The summed E-state index contributed by atoms with van der Waals surface area (Å²) in [4.78, 5) is 2.72. The van der Waals surface area contributed by atoms with Crippen molar-refractivity contribution >= 4 is 0 Å². The van der Waals surface area contributed by atoms with Crippen molar-refractivity contribution in [2.75, 3.05) is 20.1 Å². The van der Waals surface area contributed by atoms with Gasteiger partial charge in [0, 0.05) is 18.6 Å². The third kappa shape index (κ3) is 5.44. The van der Waals surface area contributed by atoms with Gasteiger partial charge in [0.1, 0.15) is 0 Å². The molecule has 0 aliphatic heterocycles. The predicted octanol–water partition coefficient (Wildman–Crippen LogP) is 4.16. The van der Waals surface area contributed by atoms with E-state index in [0.717, 1.165) is 12.0 Å². The van der Waals surface area contributed by atoms with Gasteiger partial charge in [-0.3, -0.25) is 0 Å². The molecule has 2 rings (SSSR count). The molecule has 0 heterocycles. The molecule has 1 atom stereocenters. The van der Waals surface area contributed by atoms with Gasteiger partial charge in [-0.15, -0.1) is 0 Å². The molecule has 0 bridgehead atoms. The summed E-state index contributed by atoms with van der Waals surface area (Å²) in [6.45, 7) is 9.32. The molecule has 1 unspecified atom stereocenters. The van der Waals surface area contributed by atoms with Crippen molar-refractivity contribution in [3.8, 4) is 0 Å². The summed E-state index contributed by atoms with van der Waals surface area (Å²) < 4.78 is 0. The lowest BCUT2D eigenvalue weighted by atomic mass is 10.0. The zero-order chi connectivity index (χ0) is 15.2. The lowest BCUT2D eigenvalue weighted by Crippen LogP contribution is -2.31. The minimum atomic E-state index is 0.477. The van der Waals surface area contributed by atoms with Crippen molar-refractivity contribution in [2.24, 2.45) is 5.92 Å². The number of rotatable bonds is 9. The molecule has 0 aromatic heterocycles. The van der Waals surface area contributed by atoms with Crippen LogP contribution in [0.25, 0.3) is 0 Å². The zero-order valence-corrected chi connectivity index (χ0v) is 14.2. The number of hydrogen-bond donors (Lipinski definition) is 1. The van der Waals surface area contributed by atoms with Gasteiger partial charge in [-0.1, -0.05) is 43.7 Å². The number of nitrogens with zero attached hydrogens (tertiary/aromatic N) is 1. The first-order chi connectivity index (χ1) is 10.1. The van der Waals surface area contributed by atoms with Crippen molar-refractivity contribution in [1.29, 1.82) is 0 Å². The minimum Gasteiger partial charge on any atom is -0.313 e. The van der Waals surface area contributed by atoms with E-state index in [1.54, 1.807) is 0 Å². The topological polar surface area (TPSA) is 15.3 Å². The second-order valence-electron chi connectivity index (χ2n) is 6.99. The Morgan fingerprint density at radius 2 is 1.90 bits per heavy atom. The molecule has 0 amide bonds. The highest BCUT2D eigenvalue weighted by Crippen LogP contribution is 2.29. The van der Waals surface area contributed by atoms with E-state index in [4.69, 9.17) is 0 Å². The lowest BCUT2D eigenvalue weighted by molar-refractivity contribution is 0.235. The largest absolute Gasteiger partial charge is 0.313 e. The van der Waals surface area contributed by atoms with Gasteiger partial charge in [0.2, 0.25) is 0 Å². The molecule has 21 heavy (non-hydrogen) atoms. The molecule has 1 aliphatic carbocycles. The van der Waals surface area contributed by atoms with E-state index in [2.05, 4.69) is 62.3 Å². The van der Waals surface area contributed by atoms with Crippen LogP contribution in [0.2, 0.25) is 0 Å². The second kappa shape index (κ2) is 7.95. The number of hydrogen-bond acceptors (Lipinski definition) is 2. The van der Waals surface area contributed by atoms with Gasteiger partial charge < -0.3 is 10.2 Å². The lowest BCUT2D eigenvalue weighted by Gasteiger charge is -2.26. The van der Waals surface area contributed by atoms with Crippen LogP contribution in [0.5, 0.6) is 0 Å². The van der Waals surface area contributed by atoms with Crippen LogP contribution in [-0.2, 0) is 0 Å². The van der Waals surface area contributed by atoms with Gasteiger partial charge in [-0.25, -0.2) is 0 Å². The van der Waals surface area contributed by atoms with E-state index in [9.17, 15) is 0 Å². The molecule has 1 aromatic carbocycles. The Morgan fingerprint density at radius 3 is 2.48 bits per heavy atom. The maximum atomic E-state index is 3.50. The summed E-state index contributed by atoms with van der Waals surface area (Å²) in [6.07, 6.45) is 5.35. The summed E-state index contributed by atoms with van der Waals surface area (Å²) in [6, 6.07) is 10.3. The Bertz CT molecular complexity index is 423. The Kier molecular flexibility index (Phi) is 6.25. The molecule has 1 aliphatic rings. The molecule has 0 spiro atoms. The maximum absolute atomic E-state index is 3.50. The molecule has 118 valence electrons. The van der Waals surface area contributed by atoms with E-state index in [0.29, 0.717) is 6.04 Å². The van der Waals surface area contributed by atoms with E-state index in [-0.39, 0.29) is 0 Å². The van der Waals surface area contributed by atoms with Crippen LogP contribution in [0.15, 0.2) is 24.3 Å². The Morgan fingerprint density at radius 1 is 1.19 bits per heavy atom. The van der Waals surface area contributed by atoms with Crippen LogP contribution >= 0.6 is 0 Å². The Hall–Kier alpha value is -0.860. The summed E-state index contributed by atoms with van der Waals surface area (Å²) in [5.74, 6) is 0.808. The van der Waals surface area contributed by atoms with Crippen LogP contribution in [-0.4, -0.2) is 31.1 Å². The molecule has 2 heteroatoms. The van der Waals surface area contributed by atoms with Crippen molar-refractivity contribution in [3.63, 3.8) is 0 Å². The first-order valence-electron chi connectivity index (χ1n) is 8.58. The highest BCUT2D eigenvalue weighted by atomic mass is 15.2. The van der Waals surface area contributed by atoms with Gasteiger partial charge in [-0.05, 0) is 57.7 Å². The van der Waals surface area contributed by atoms with E-state index < -0.39 is 0 Å². The Labute approximate surface area is 130 Å². The fourth-order valence-electron chi connectivity index (χ4n) is 3.00. The van der Waals surface area contributed by atoms with Crippen LogP contribution in [0.4, 0.5) is 0 Å². The van der Waals surface area contributed by atoms with E-state index in [1.165, 1.54) is 49.9 Å². The standard InChI is InChI=1S/C19H32N2/c1-15(2)10-12-21(18-8-9-18)13-11-19(20-4)17-7-5-6-16(3)14-17/h5-7,14-15,18-20H,8-13H2,1-4H3. The van der Waals surface area contributed by atoms with E-state index in [1.807, 2.05) is 0 Å². The molecular formula is C19H32N2. The maximum Gasteiger partial charge on any atom is 0.0329 e. The first-order valence-corrected chi connectivity index (χ1v) is 8.58. The molecule has 1 N–H and O–H groups in total. The normalized spacial score (nSPS) is 16.7. The van der Waals surface area contributed by atoms with Crippen molar-refractivity contribution in [3.05, 3.63) is 35.4 Å². The van der Waals surface area contributed by atoms with Gasteiger partial charge in [0.05, 0.1) is 0 Å². The van der Waals surface area contributed by atoms with Crippen molar-refractivity contribution < 1.29 is 0 Å².